The van der Waals surface area contributed by atoms with Crippen LogP contribution in [0, 0.1) is 0 Å². The summed E-state index contributed by atoms with van der Waals surface area (Å²) in [4.78, 5) is 14.9. The average molecular weight is 204 g/mol. The molecular formula is C12H16N2O. The van der Waals surface area contributed by atoms with E-state index in [0.717, 1.165) is 5.56 Å². The monoisotopic (exact) mass is 204 g/mol. The van der Waals surface area contributed by atoms with Gasteiger partial charge >= 0.3 is 0 Å². The second-order valence-corrected chi connectivity index (χ2v) is 4.04. The minimum atomic E-state index is -0.113. The quantitative estimate of drug-likeness (QED) is 0.769. The molecule has 0 bridgehead atoms. The van der Waals surface area contributed by atoms with Gasteiger partial charge < -0.3 is 5.32 Å². The van der Waals surface area contributed by atoms with E-state index in [1.807, 2.05) is 12.1 Å². The van der Waals surface area contributed by atoms with Gasteiger partial charge in [-0.2, -0.15) is 0 Å². The summed E-state index contributed by atoms with van der Waals surface area (Å²) in [6.07, 6.45) is 3.63. The topological polar surface area (TPSA) is 42.0 Å². The summed E-state index contributed by atoms with van der Waals surface area (Å²) in [7, 11) is 0. The molecule has 1 aromatic rings. The van der Waals surface area contributed by atoms with Crippen LogP contribution in [0.3, 0.4) is 0 Å². The van der Waals surface area contributed by atoms with Crippen LogP contribution in [0.5, 0.6) is 0 Å². The summed E-state index contributed by atoms with van der Waals surface area (Å²) in [5, 5.41) is 2.63. The van der Waals surface area contributed by atoms with Crippen molar-refractivity contribution in [2.45, 2.75) is 26.2 Å². The first kappa shape index (κ1) is 11.4. The Morgan fingerprint density at radius 3 is 2.60 bits per heavy atom. The molecule has 1 aromatic heterocycles. The Morgan fingerprint density at radius 2 is 2.20 bits per heavy atom. The summed E-state index contributed by atoms with van der Waals surface area (Å²) in [6.45, 7) is 9.37. The van der Waals surface area contributed by atoms with Crippen LogP contribution in [0.15, 0.2) is 31.0 Å². The maximum atomic E-state index is 10.8. The van der Waals surface area contributed by atoms with E-state index in [1.54, 1.807) is 12.3 Å². The van der Waals surface area contributed by atoms with E-state index in [-0.39, 0.29) is 11.3 Å². The van der Waals surface area contributed by atoms with Crippen molar-refractivity contribution in [2.75, 3.05) is 5.32 Å². The molecule has 0 spiro atoms. The summed E-state index contributed by atoms with van der Waals surface area (Å²) in [6, 6.07) is 3.74. The first-order valence-corrected chi connectivity index (χ1v) is 4.83. The van der Waals surface area contributed by atoms with Gasteiger partial charge in [-0.15, -0.1) is 6.58 Å². The Balaban J connectivity index is 2.90. The molecule has 0 saturated heterocycles. The van der Waals surface area contributed by atoms with E-state index in [1.165, 1.54) is 6.92 Å². The van der Waals surface area contributed by atoms with Gasteiger partial charge in [-0.1, -0.05) is 26.0 Å². The molecule has 3 nitrogen and oxygen atoms in total. The summed E-state index contributed by atoms with van der Waals surface area (Å²) in [5.74, 6) is 0.462. The molecule has 1 N–H and O–H groups in total. The Bertz CT molecular complexity index is 366. The lowest BCUT2D eigenvalue weighted by Crippen LogP contribution is -2.14. The molecule has 0 unspecified atom stereocenters. The Kier molecular flexibility index (Phi) is 3.24. The Labute approximate surface area is 90.2 Å². The van der Waals surface area contributed by atoms with Crippen LogP contribution in [-0.4, -0.2) is 10.9 Å². The van der Waals surface area contributed by atoms with Crippen molar-refractivity contribution in [2.24, 2.45) is 0 Å². The van der Waals surface area contributed by atoms with Gasteiger partial charge in [0.2, 0.25) is 5.91 Å². The smallest absolute Gasteiger partial charge is 0.222 e. The third-order valence-electron chi connectivity index (χ3n) is 2.32. The predicted octanol–water partition coefficient (Wildman–Crippen LogP) is 2.50. The van der Waals surface area contributed by atoms with Crippen LogP contribution in [0.2, 0.25) is 0 Å². The molecule has 1 rings (SSSR count). The lowest BCUT2D eigenvalue weighted by molar-refractivity contribution is -0.114. The maximum absolute atomic E-state index is 10.8. The van der Waals surface area contributed by atoms with Gasteiger partial charge in [0.05, 0.1) is 0 Å². The second kappa shape index (κ2) is 4.26. The number of anilines is 1. The van der Waals surface area contributed by atoms with E-state index < -0.39 is 0 Å². The molecule has 1 heterocycles. The molecule has 0 atom stereocenters. The molecule has 0 radical (unpaired) electrons. The molecule has 1 amide bonds. The highest BCUT2D eigenvalue weighted by Crippen LogP contribution is 2.23. The molecule has 0 aliphatic carbocycles. The van der Waals surface area contributed by atoms with Crippen molar-refractivity contribution in [3.63, 3.8) is 0 Å². The van der Waals surface area contributed by atoms with Crippen molar-refractivity contribution in [3.05, 3.63) is 36.5 Å². The molecule has 15 heavy (non-hydrogen) atoms. The van der Waals surface area contributed by atoms with Crippen molar-refractivity contribution < 1.29 is 4.79 Å². The first-order valence-electron chi connectivity index (χ1n) is 4.83. The number of hydrogen-bond acceptors (Lipinski definition) is 2. The number of pyridine rings is 1. The molecule has 0 fully saturated rings. The minimum absolute atomic E-state index is 0.0955. The summed E-state index contributed by atoms with van der Waals surface area (Å²) in [5.41, 5.74) is 0.980. The van der Waals surface area contributed by atoms with Gasteiger partial charge in [-0.3, -0.25) is 4.79 Å². The van der Waals surface area contributed by atoms with E-state index in [0.29, 0.717) is 5.82 Å². The molecule has 0 aliphatic heterocycles. The third-order valence-corrected chi connectivity index (χ3v) is 2.32. The predicted molar refractivity (Wildman–Crippen MR) is 61.8 cm³/mol. The van der Waals surface area contributed by atoms with E-state index in [9.17, 15) is 4.79 Å². The number of allylic oxidation sites excluding steroid dienone is 1. The molecule has 3 heteroatoms. The number of carbonyl (C=O) groups excluding carboxylic acids is 1. The minimum Gasteiger partial charge on any atom is -0.311 e. The van der Waals surface area contributed by atoms with Crippen molar-refractivity contribution >= 4 is 11.7 Å². The Hall–Kier alpha value is -1.64. The SMILES string of the molecule is C=CC(C)(C)c1ccc(NC(C)=O)nc1. The second-order valence-electron chi connectivity index (χ2n) is 4.04. The number of carbonyl (C=O) groups is 1. The number of nitrogens with one attached hydrogen (secondary N) is 1. The summed E-state index contributed by atoms with van der Waals surface area (Å²) >= 11 is 0. The number of rotatable bonds is 3. The molecule has 80 valence electrons. The standard InChI is InChI=1S/C12H16N2O/c1-5-12(3,4)10-6-7-11(13-8-10)14-9(2)15/h5-8H,1H2,2-4H3,(H,13,14,15). The van der Waals surface area contributed by atoms with E-state index in [2.05, 4.69) is 30.7 Å². The largest absolute Gasteiger partial charge is 0.311 e. The Morgan fingerprint density at radius 1 is 1.53 bits per heavy atom. The van der Waals surface area contributed by atoms with Crippen LogP contribution in [0.25, 0.3) is 0 Å². The van der Waals surface area contributed by atoms with Gasteiger partial charge in [0.1, 0.15) is 5.82 Å². The fourth-order valence-electron chi connectivity index (χ4n) is 1.15. The normalized spacial score (nSPS) is 10.9. The third kappa shape index (κ3) is 2.91. The summed E-state index contributed by atoms with van der Waals surface area (Å²) < 4.78 is 0. The van der Waals surface area contributed by atoms with Gasteiger partial charge in [0.25, 0.3) is 0 Å². The van der Waals surface area contributed by atoms with Crippen LogP contribution < -0.4 is 5.32 Å². The van der Waals surface area contributed by atoms with E-state index in [4.69, 9.17) is 0 Å². The van der Waals surface area contributed by atoms with Crippen molar-refractivity contribution in [1.29, 1.82) is 0 Å². The maximum Gasteiger partial charge on any atom is 0.222 e. The molecule has 0 saturated carbocycles. The highest BCUT2D eigenvalue weighted by atomic mass is 16.1. The van der Waals surface area contributed by atoms with Gasteiger partial charge in [0.15, 0.2) is 0 Å². The van der Waals surface area contributed by atoms with Crippen molar-refractivity contribution in [3.8, 4) is 0 Å². The van der Waals surface area contributed by atoms with Gasteiger partial charge in [-0.25, -0.2) is 4.98 Å². The fourth-order valence-corrected chi connectivity index (χ4v) is 1.15. The highest BCUT2D eigenvalue weighted by molar-refractivity contribution is 5.87. The zero-order valence-corrected chi connectivity index (χ0v) is 9.37. The van der Waals surface area contributed by atoms with E-state index >= 15 is 0 Å². The van der Waals surface area contributed by atoms with Crippen LogP contribution in [-0.2, 0) is 10.2 Å². The fraction of sp³-hybridized carbons (Fsp3) is 0.333. The number of amides is 1. The first-order chi connectivity index (χ1) is 6.95. The number of hydrogen-bond donors (Lipinski definition) is 1. The van der Waals surface area contributed by atoms with Crippen LogP contribution in [0.1, 0.15) is 26.3 Å². The van der Waals surface area contributed by atoms with Crippen molar-refractivity contribution in [1.82, 2.24) is 4.98 Å². The van der Waals surface area contributed by atoms with Gasteiger partial charge in [0, 0.05) is 18.5 Å². The lowest BCUT2D eigenvalue weighted by Gasteiger charge is -2.19. The molecule has 0 aromatic carbocycles. The lowest BCUT2D eigenvalue weighted by atomic mass is 9.86. The number of aromatic nitrogens is 1. The molecule has 0 aliphatic rings. The zero-order valence-electron chi connectivity index (χ0n) is 9.37. The zero-order chi connectivity index (χ0) is 11.5. The average Bonchev–Trinajstić information content (AvgIpc) is 2.18. The van der Waals surface area contributed by atoms with Gasteiger partial charge in [-0.05, 0) is 11.6 Å². The highest BCUT2D eigenvalue weighted by Gasteiger charge is 2.16. The van der Waals surface area contributed by atoms with Crippen LogP contribution in [0.4, 0.5) is 5.82 Å². The molecular weight excluding hydrogens is 188 g/mol. The van der Waals surface area contributed by atoms with Crippen LogP contribution >= 0.6 is 0 Å². The number of nitrogens with zero attached hydrogens (tertiary/aromatic N) is 1.